The topological polar surface area (TPSA) is 120 Å². The van der Waals surface area contributed by atoms with Crippen molar-refractivity contribution in [3.05, 3.63) is 102 Å². The molecule has 0 atom stereocenters. The number of para-hydroxylation sites is 2. The van der Waals surface area contributed by atoms with E-state index < -0.39 is 17.7 Å². The summed E-state index contributed by atoms with van der Waals surface area (Å²) in [7, 11) is 0. The van der Waals surface area contributed by atoms with Gasteiger partial charge in [-0.25, -0.2) is 5.43 Å². The number of hydrogen-bond acceptors (Lipinski definition) is 5. The molecule has 172 valence electrons. The molecule has 3 aromatic rings. The average molecular weight is 457 g/mol. The van der Waals surface area contributed by atoms with Crippen LogP contribution in [0.5, 0.6) is 5.75 Å². The van der Waals surface area contributed by atoms with Crippen LogP contribution in [0.4, 0.5) is 11.4 Å². The van der Waals surface area contributed by atoms with Gasteiger partial charge in [-0.2, -0.15) is 5.10 Å². The molecule has 34 heavy (non-hydrogen) atoms. The Labute approximate surface area is 197 Å². The highest BCUT2D eigenvalue weighted by molar-refractivity contribution is 6.40. The molecule has 3 amide bonds. The SMILES string of the molecule is C=CCc1cccc(/C=N\NC(=O)C(=O)Nc2ccccc2C(=O)Nc2ccc(C)cc2)c1O. The van der Waals surface area contributed by atoms with Gasteiger partial charge in [-0.15, -0.1) is 6.58 Å². The monoisotopic (exact) mass is 456 g/mol. The Morgan fingerprint density at radius 2 is 1.68 bits per heavy atom. The van der Waals surface area contributed by atoms with Crippen LogP contribution in [0, 0.1) is 6.92 Å². The zero-order chi connectivity index (χ0) is 24.5. The maximum atomic E-state index is 12.7. The zero-order valence-corrected chi connectivity index (χ0v) is 18.5. The quantitative estimate of drug-likeness (QED) is 0.187. The maximum Gasteiger partial charge on any atom is 0.329 e. The van der Waals surface area contributed by atoms with Crippen molar-refractivity contribution in [3.8, 4) is 5.75 Å². The Hall–Kier alpha value is -4.72. The summed E-state index contributed by atoms with van der Waals surface area (Å²) in [5.74, 6) is -2.46. The van der Waals surface area contributed by atoms with Crippen LogP contribution in [0.15, 0.2) is 84.5 Å². The number of aromatic hydroxyl groups is 1. The molecule has 0 spiro atoms. The molecule has 0 aromatic heterocycles. The van der Waals surface area contributed by atoms with Crippen molar-refractivity contribution in [2.24, 2.45) is 5.10 Å². The molecule has 4 N–H and O–H groups in total. The van der Waals surface area contributed by atoms with E-state index in [4.69, 9.17) is 0 Å². The van der Waals surface area contributed by atoms with Gasteiger partial charge in [0, 0.05) is 11.3 Å². The molecule has 0 bridgehead atoms. The molecule has 8 heteroatoms. The standard InChI is InChI=1S/C26H24N4O4/c1-3-7-18-8-6-9-19(23(18)31)16-27-30-26(34)25(33)29-22-11-5-4-10-21(22)24(32)28-20-14-12-17(2)13-15-20/h3-6,8-16,31H,1,7H2,2H3,(H,28,32)(H,29,33)(H,30,34)/b27-16-. The number of carbonyl (C=O) groups is 3. The number of aryl methyl sites for hydroxylation is 1. The molecule has 3 aromatic carbocycles. The lowest BCUT2D eigenvalue weighted by molar-refractivity contribution is -0.136. The summed E-state index contributed by atoms with van der Waals surface area (Å²) < 4.78 is 0. The molecule has 0 radical (unpaired) electrons. The molecule has 0 aliphatic carbocycles. The van der Waals surface area contributed by atoms with Crippen molar-refractivity contribution in [1.29, 1.82) is 0 Å². The number of anilines is 2. The number of carbonyl (C=O) groups excluding carboxylic acids is 3. The minimum atomic E-state index is -1.04. The van der Waals surface area contributed by atoms with Crippen LogP contribution < -0.4 is 16.1 Å². The molecule has 0 aliphatic rings. The van der Waals surface area contributed by atoms with Crippen molar-refractivity contribution in [2.75, 3.05) is 10.6 Å². The van der Waals surface area contributed by atoms with E-state index in [9.17, 15) is 19.5 Å². The first-order valence-corrected chi connectivity index (χ1v) is 10.4. The number of phenolic OH excluding ortho intramolecular Hbond substituents is 1. The molecule has 3 rings (SSSR count). The Morgan fingerprint density at radius 3 is 2.41 bits per heavy atom. The summed E-state index contributed by atoms with van der Waals surface area (Å²) in [6, 6.07) is 18.7. The van der Waals surface area contributed by atoms with Gasteiger partial charge >= 0.3 is 11.8 Å². The number of benzene rings is 3. The maximum absolute atomic E-state index is 12.7. The van der Waals surface area contributed by atoms with Crippen molar-refractivity contribution in [3.63, 3.8) is 0 Å². The van der Waals surface area contributed by atoms with E-state index in [-0.39, 0.29) is 17.0 Å². The molecular weight excluding hydrogens is 432 g/mol. The van der Waals surface area contributed by atoms with Crippen molar-refractivity contribution in [2.45, 2.75) is 13.3 Å². The first-order valence-electron chi connectivity index (χ1n) is 10.4. The Kier molecular flexibility index (Phi) is 7.91. The van der Waals surface area contributed by atoms with E-state index in [2.05, 4.69) is 27.7 Å². The fourth-order valence-corrected chi connectivity index (χ4v) is 3.05. The number of hydrazone groups is 1. The molecular formula is C26H24N4O4. The fourth-order valence-electron chi connectivity index (χ4n) is 3.05. The number of rotatable bonds is 7. The number of hydrogen-bond donors (Lipinski definition) is 4. The average Bonchev–Trinajstić information content (AvgIpc) is 2.83. The van der Waals surface area contributed by atoms with E-state index in [1.165, 1.54) is 18.3 Å². The van der Waals surface area contributed by atoms with Gasteiger partial charge in [0.2, 0.25) is 0 Å². The van der Waals surface area contributed by atoms with Crippen LogP contribution in [0.3, 0.4) is 0 Å². The number of amides is 3. The van der Waals surface area contributed by atoms with Gasteiger partial charge in [0.25, 0.3) is 5.91 Å². The zero-order valence-electron chi connectivity index (χ0n) is 18.5. The normalized spacial score (nSPS) is 10.5. The lowest BCUT2D eigenvalue weighted by atomic mass is 10.1. The van der Waals surface area contributed by atoms with E-state index >= 15 is 0 Å². The minimum Gasteiger partial charge on any atom is -0.507 e. The van der Waals surface area contributed by atoms with Crippen LogP contribution in [0.25, 0.3) is 0 Å². The summed E-state index contributed by atoms with van der Waals surface area (Å²) in [5, 5.41) is 19.1. The first kappa shape index (κ1) is 23.9. The molecule has 0 heterocycles. The van der Waals surface area contributed by atoms with Crippen LogP contribution in [-0.2, 0) is 16.0 Å². The third-order valence-corrected chi connectivity index (χ3v) is 4.82. The van der Waals surface area contributed by atoms with Gasteiger partial charge in [-0.1, -0.05) is 48.0 Å². The smallest absolute Gasteiger partial charge is 0.329 e. The number of allylic oxidation sites excluding steroid dienone is 1. The van der Waals surface area contributed by atoms with E-state index in [0.29, 0.717) is 23.2 Å². The fraction of sp³-hybridized carbons (Fsp3) is 0.0769. The Morgan fingerprint density at radius 1 is 0.941 bits per heavy atom. The number of nitrogens with one attached hydrogen (secondary N) is 3. The Balaban J connectivity index is 1.64. The van der Waals surface area contributed by atoms with Crippen LogP contribution in [0.2, 0.25) is 0 Å². The number of phenols is 1. The van der Waals surface area contributed by atoms with Gasteiger partial charge in [0.1, 0.15) is 5.75 Å². The summed E-state index contributed by atoms with van der Waals surface area (Å²) in [6.45, 7) is 5.57. The van der Waals surface area contributed by atoms with E-state index in [1.54, 1.807) is 48.5 Å². The summed E-state index contributed by atoms with van der Waals surface area (Å²) in [5.41, 5.74) is 5.16. The minimum absolute atomic E-state index is 0.0124. The van der Waals surface area contributed by atoms with Crippen LogP contribution >= 0.6 is 0 Å². The van der Waals surface area contributed by atoms with Crippen molar-refractivity contribution in [1.82, 2.24) is 5.43 Å². The van der Waals surface area contributed by atoms with E-state index in [1.807, 2.05) is 19.1 Å². The molecule has 0 unspecified atom stereocenters. The predicted molar refractivity (Wildman–Crippen MR) is 132 cm³/mol. The second-order valence-electron chi connectivity index (χ2n) is 7.37. The molecule has 0 fully saturated rings. The molecule has 0 aliphatic heterocycles. The highest BCUT2D eigenvalue weighted by atomic mass is 16.3. The number of nitrogens with zero attached hydrogens (tertiary/aromatic N) is 1. The highest BCUT2D eigenvalue weighted by Crippen LogP contribution is 2.21. The summed E-state index contributed by atoms with van der Waals surface area (Å²) in [4.78, 5) is 37.2. The van der Waals surface area contributed by atoms with Gasteiger partial charge in [-0.3, -0.25) is 14.4 Å². The Bertz CT molecular complexity index is 1250. The van der Waals surface area contributed by atoms with Crippen molar-refractivity contribution >= 4 is 35.3 Å². The van der Waals surface area contributed by atoms with Crippen LogP contribution in [0.1, 0.15) is 27.0 Å². The molecule has 8 nitrogen and oxygen atoms in total. The van der Waals surface area contributed by atoms with Gasteiger partial charge in [0.05, 0.1) is 17.5 Å². The van der Waals surface area contributed by atoms with Gasteiger partial charge in [0.15, 0.2) is 0 Å². The van der Waals surface area contributed by atoms with Gasteiger partial charge < -0.3 is 15.7 Å². The lowest BCUT2D eigenvalue weighted by Crippen LogP contribution is -2.33. The van der Waals surface area contributed by atoms with Gasteiger partial charge in [-0.05, 0) is 49.2 Å². The largest absolute Gasteiger partial charge is 0.507 e. The second-order valence-corrected chi connectivity index (χ2v) is 7.37. The lowest BCUT2D eigenvalue weighted by Gasteiger charge is -2.11. The third-order valence-electron chi connectivity index (χ3n) is 4.82. The first-order chi connectivity index (χ1) is 16.4. The van der Waals surface area contributed by atoms with E-state index in [0.717, 1.165) is 5.56 Å². The molecule has 0 saturated carbocycles. The summed E-state index contributed by atoms with van der Waals surface area (Å²) >= 11 is 0. The molecule has 0 saturated heterocycles. The predicted octanol–water partition coefficient (Wildman–Crippen LogP) is 3.77. The van der Waals surface area contributed by atoms with Crippen LogP contribution in [-0.4, -0.2) is 29.0 Å². The highest BCUT2D eigenvalue weighted by Gasteiger charge is 2.18. The second kappa shape index (κ2) is 11.2. The third kappa shape index (κ3) is 6.17. The van der Waals surface area contributed by atoms with Crippen molar-refractivity contribution < 1.29 is 19.5 Å². The summed E-state index contributed by atoms with van der Waals surface area (Å²) in [6.07, 6.45) is 3.36.